The second-order valence-electron chi connectivity index (χ2n) is 8.86. The molecule has 4 N–H and O–H groups in total. The van der Waals surface area contributed by atoms with Gasteiger partial charge in [-0.25, -0.2) is 9.59 Å². The number of nitrogens with zero attached hydrogens (tertiary/aromatic N) is 1. The summed E-state index contributed by atoms with van der Waals surface area (Å²) >= 11 is 0. The fourth-order valence-corrected chi connectivity index (χ4v) is 4.17. The minimum Gasteiger partial charge on any atom is -0.481 e. The number of carboxylic acids is 2. The summed E-state index contributed by atoms with van der Waals surface area (Å²) in [7, 11) is 0. The van der Waals surface area contributed by atoms with E-state index in [-0.39, 0.29) is 6.61 Å². The molecule has 0 spiro atoms. The quantitative estimate of drug-likeness (QED) is 0.391. The standard InChI is InChI=1S/C26H31N3O7/c1-16(2)22(28-26(35)36-15-17-8-4-3-5-9-17)24(32)29(20(25(33)34)14-21(30)31)23-19-11-7-6-10-18(19)12-13-27-23/h3-11,16,20,22-23,27H,12-15H2,1-2H3,(H,28,35)(H,30,31)(H,33,34)/t20-,22-,23?/m0/s1/i/hD. The lowest BCUT2D eigenvalue weighted by Gasteiger charge is -2.41. The lowest BCUT2D eigenvalue weighted by atomic mass is 9.94. The van der Waals surface area contributed by atoms with Gasteiger partial charge in [-0.1, -0.05) is 68.4 Å². The number of hydrogen-bond acceptors (Lipinski definition) is 6. The number of fused-ring (bicyclic) bond motifs is 1. The second-order valence-corrected chi connectivity index (χ2v) is 8.86. The highest BCUT2D eigenvalue weighted by atomic mass is 16.5. The summed E-state index contributed by atoms with van der Waals surface area (Å²) in [5.41, 5.74) is 2.20. The van der Waals surface area contributed by atoms with Crippen molar-refractivity contribution in [2.45, 2.75) is 51.5 Å². The lowest BCUT2D eigenvalue weighted by molar-refractivity contribution is -0.158. The predicted octanol–water partition coefficient (Wildman–Crippen LogP) is 2.54. The van der Waals surface area contributed by atoms with Crippen molar-refractivity contribution in [1.29, 1.82) is 0 Å². The van der Waals surface area contributed by atoms with Crippen LogP contribution in [0.1, 0.15) is 43.1 Å². The van der Waals surface area contributed by atoms with E-state index < -0.39 is 54.5 Å². The van der Waals surface area contributed by atoms with Crippen LogP contribution in [0.3, 0.4) is 0 Å². The Bertz CT molecular complexity index is 1130. The van der Waals surface area contributed by atoms with Gasteiger partial charge in [-0.2, -0.15) is 0 Å². The molecule has 2 amide bonds. The Hall–Kier alpha value is -3.92. The van der Waals surface area contributed by atoms with Crippen molar-refractivity contribution in [2.24, 2.45) is 5.92 Å². The first-order chi connectivity index (χ1) is 17.6. The maximum absolute atomic E-state index is 14.0. The molecule has 2 aromatic rings. The average molecular weight is 499 g/mol. The van der Waals surface area contributed by atoms with Gasteiger partial charge in [-0.05, 0) is 29.0 Å². The van der Waals surface area contributed by atoms with Gasteiger partial charge in [0.1, 0.15) is 24.9 Å². The molecule has 0 saturated heterocycles. The molecular weight excluding hydrogens is 466 g/mol. The van der Waals surface area contributed by atoms with E-state index in [1.54, 1.807) is 56.3 Å². The molecule has 0 aromatic heterocycles. The van der Waals surface area contributed by atoms with Crippen molar-refractivity contribution >= 4 is 23.9 Å². The zero-order valence-electron chi connectivity index (χ0n) is 21.2. The highest BCUT2D eigenvalue weighted by Gasteiger charge is 2.42. The number of alkyl carbamates (subject to hydrolysis) is 1. The van der Waals surface area contributed by atoms with Crippen molar-refractivity contribution in [1.82, 2.24) is 15.5 Å². The number of carbonyl (C=O) groups is 4. The van der Waals surface area contributed by atoms with Crippen molar-refractivity contribution in [3.05, 3.63) is 71.3 Å². The number of aliphatic carboxylic acids is 2. The van der Waals surface area contributed by atoms with E-state index in [0.717, 1.165) is 10.5 Å². The number of benzene rings is 2. The van der Waals surface area contributed by atoms with Crippen molar-refractivity contribution in [2.75, 3.05) is 6.54 Å². The zero-order chi connectivity index (χ0) is 27.1. The molecule has 36 heavy (non-hydrogen) atoms. The molecule has 0 aliphatic carbocycles. The molecule has 1 aliphatic rings. The van der Waals surface area contributed by atoms with Gasteiger partial charge in [0.05, 0.1) is 6.42 Å². The number of hydrogen-bond donors (Lipinski definition) is 4. The van der Waals surface area contributed by atoms with E-state index in [2.05, 4.69) is 5.32 Å². The van der Waals surface area contributed by atoms with Gasteiger partial charge in [0, 0.05) is 6.54 Å². The highest BCUT2D eigenvalue weighted by Crippen LogP contribution is 2.30. The molecule has 10 heteroatoms. The number of carboxylic acid groups (broad SMARTS) is 2. The Morgan fingerprint density at radius 3 is 2.42 bits per heavy atom. The third-order valence-corrected chi connectivity index (χ3v) is 5.94. The van der Waals surface area contributed by atoms with Crippen LogP contribution in [0, 0.1) is 5.92 Å². The molecule has 0 radical (unpaired) electrons. The van der Waals surface area contributed by atoms with Crippen molar-refractivity contribution in [3.8, 4) is 0 Å². The Morgan fingerprint density at radius 1 is 1.11 bits per heavy atom. The van der Waals surface area contributed by atoms with Gasteiger partial charge in [0.15, 0.2) is 1.41 Å². The van der Waals surface area contributed by atoms with Gasteiger partial charge in [0.25, 0.3) is 0 Å². The average Bonchev–Trinajstić information content (AvgIpc) is 2.87. The fraction of sp³-hybridized carbons (Fsp3) is 0.385. The van der Waals surface area contributed by atoms with E-state index in [1.807, 2.05) is 12.1 Å². The van der Waals surface area contributed by atoms with Crippen LogP contribution in [0.25, 0.3) is 0 Å². The maximum Gasteiger partial charge on any atom is 0.408 e. The van der Waals surface area contributed by atoms with Gasteiger partial charge in [-0.3, -0.25) is 14.9 Å². The molecule has 192 valence electrons. The van der Waals surface area contributed by atoms with Crippen LogP contribution in [-0.4, -0.2) is 57.7 Å². The monoisotopic (exact) mass is 498 g/mol. The van der Waals surface area contributed by atoms with Crippen molar-refractivity contribution in [3.63, 3.8) is 0 Å². The summed E-state index contributed by atoms with van der Waals surface area (Å²) in [6, 6.07) is 12.8. The molecule has 0 fully saturated rings. The predicted molar refractivity (Wildman–Crippen MR) is 130 cm³/mol. The fourth-order valence-electron chi connectivity index (χ4n) is 4.17. The third-order valence-electron chi connectivity index (χ3n) is 5.94. The highest BCUT2D eigenvalue weighted by molar-refractivity contribution is 5.91. The van der Waals surface area contributed by atoms with E-state index in [1.165, 1.54) is 0 Å². The summed E-state index contributed by atoms with van der Waals surface area (Å²) in [6.07, 6.45) is -2.27. The van der Waals surface area contributed by atoms with Crippen LogP contribution in [0.2, 0.25) is 1.41 Å². The SMILES string of the molecule is [2H]N(C(=O)OCc1ccccc1)[C@H](C(=O)N(C1NCCc2ccccc21)[C@@H](CC(=O)O)C(=O)O)C(C)C. The van der Waals surface area contributed by atoms with Gasteiger partial charge in [0.2, 0.25) is 5.91 Å². The number of carbonyl (C=O) groups excluding carboxylic acids is 2. The first kappa shape index (κ1) is 25.2. The molecule has 1 heterocycles. The van der Waals surface area contributed by atoms with Crippen LogP contribution < -0.4 is 10.6 Å². The van der Waals surface area contributed by atoms with Crippen LogP contribution in [0.5, 0.6) is 0 Å². The number of rotatable bonds is 10. The molecule has 0 saturated carbocycles. The number of ether oxygens (including phenoxy) is 1. The van der Waals surface area contributed by atoms with Gasteiger partial charge < -0.3 is 25.2 Å². The minimum atomic E-state index is -1.75. The molecule has 1 aliphatic heterocycles. The summed E-state index contributed by atoms with van der Waals surface area (Å²) in [5, 5.41) is 22.9. The molecule has 1 unspecified atom stereocenters. The summed E-state index contributed by atoms with van der Waals surface area (Å²) < 4.78 is 13.7. The first-order valence-corrected chi connectivity index (χ1v) is 11.7. The maximum atomic E-state index is 14.0. The largest absolute Gasteiger partial charge is 0.481 e. The van der Waals surface area contributed by atoms with Crippen LogP contribution in [0.4, 0.5) is 4.79 Å². The normalized spacial score (nSPS) is 16.8. The Labute approximate surface area is 210 Å². The third kappa shape index (κ3) is 6.60. The minimum absolute atomic E-state index is 0.119. The molecule has 3 atom stereocenters. The van der Waals surface area contributed by atoms with Gasteiger partial charge >= 0.3 is 18.0 Å². The van der Waals surface area contributed by atoms with Crippen LogP contribution in [0.15, 0.2) is 54.6 Å². The second kappa shape index (κ2) is 12.2. The van der Waals surface area contributed by atoms with E-state index in [0.29, 0.717) is 29.4 Å². The molecule has 0 bridgehead atoms. The van der Waals surface area contributed by atoms with Gasteiger partial charge in [-0.15, -0.1) is 0 Å². The first-order valence-electron chi connectivity index (χ1n) is 12.1. The Morgan fingerprint density at radius 2 is 1.78 bits per heavy atom. The summed E-state index contributed by atoms with van der Waals surface area (Å²) in [5.74, 6) is -4.40. The summed E-state index contributed by atoms with van der Waals surface area (Å²) in [6.45, 7) is 3.52. The van der Waals surface area contributed by atoms with Crippen LogP contribution >= 0.6 is 0 Å². The number of amides is 2. The topological polar surface area (TPSA) is 145 Å². The molecule has 3 rings (SSSR count). The molecule has 2 aromatic carbocycles. The smallest absolute Gasteiger partial charge is 0.408 e. The lowest BCUT2D eigenvalue weighted by Crippen LogP contribution is -2.60. The number of nitrogens with one attached hydrogen (secondary N) is 2. The van der Waals surface area contributed by atoms with Crippen molar-refractivity contribution < 1.29 is 35.5 Å². The van der Waals surface area contributed by atoms with Crippen LogP contribution in [-0.2, 0) is 32.1 Å². The molecular formula is C26H31N3O7. The Kier molecular flexibility index (Phi) is 8.51. The molecule has 10 nitrogen and oxygen atoms in total. The zero-order valence-corrected chi connectivity index (χ0v) is 20.2. The van der Waals surface area contributed by atoms with E-state index in [4.69, 9.17) is 6.15 Å². The van der Waals surface area contributed by atoms with E-state index >= 15 is 0 Å². The van der Waals surface area contributed by atoms with E-state index in [9.17, 15) is 29.4 Å². The summed E-state index contributed by atoms with van der Waals surface area (Å²) in [4.78, 5) is 51.6. The Balaban J connectivity index is 1.97.